The Labute approximate surface area is 114 Å². The van der Waals surface area contributed by atoms with Crippen LogP contribution >= 0.6 is 0 Å². The standard InChI is InChI=1S/C15H22N2O2/c1-11-3-2-4-12(9-11)5-7-16-13-6-8-17-14(10-13)15(18)19/h6,8,10-12H,2-5,7,9H2,1H3,(H,16,17)(H,18,19). The Kier molecular flexibility index (Phi) is 4.77. The van der Waals surface area contributed by atoms with Gasteiger partial charge in [-0.2, -0.15) is 0 Å². The van der Waals surface area contributed by atoms with Gasteiger partial charge in [-0.05, 0) is 36.8 Å². The molecule has 0 bridgehead atoms. The van der Waals surface area contributed by atoms with Crippen molar-refractivity contribution in [3.8, 4) is 0 Å². The maximum Gasteiger partial charge on any atom is 0.354 e. The number of aromatic carboxylic acids is 1. The highest BCUT2D eigenvalue weighted by Gasteiger charge is 2.18. The minimum Gasteiger partial charge on any atom is -0.477 e. The number of aromatic nitrogens is 1. The number of anilines is 1. The first kappa shape index (κ1) is 13.8. The smallest absolute Gasteiger partial charge is 0.354 e. The van der Waals surface area contributed by atoms with Gasteiger partial charge in [-0.15, -0.1) is 0 Å². The third-order valence-corrected chi connectivity index (χ3v) is 3.91. The van der Waals surface area contributed by atoms with Crippen LogP contribution in [0.5, 0.6) is 0 Å². The van der Waals surface area contributed by atoms with E-state index in [0.717, 1.165) is 30.5 Å². The first-order chi connectivity index (χ1) is 9.15. The second kappa shape index (κ2) is 6.55. The summed E-state index contributed by atoms with van der Waals surface area (Å²) in [6, 6.07) is 3.40. The van der Waals surface area contributed by atoms with Crippen LogP contribution in [0.4, 0.5) is 5.69 Å². The molecule has 0 aromatic carbocycles. The number of nitrogens with zero attached hydrogens (tertiary/aromatic N) is 1. The molecule has 0 spiro atoms. The maximum absolute atomic E-state index is 10.8. The highest BCUT2D eigenvalue weighted by Crippen LogP contribution is 2.30. The van der Waals surface area contributed by atoms with E-state index in [-0.39, 0.29) is 5.69 Å². The Hall–Kier alpha value is -1.58. The normalized spacial score (nSPS) is 23.0. The van der Waals surface area contributed by atoms with Gasteiger partial charge >= 0.3 is 5.97 Å². The quantitative estimate of drug-likeness (QED) is 0.853. The molecule has 0 amide bonds. The van der Waals surface area contributed by atoms with Gasteiger partial charge < -0.3 is 10.4 Å². The number of rotatable bonds is 5. The van der Waals surface area contributed by atoms with Crippen LogP contribution in [-0.4, -0.2) is 22.6 Å². The molecule has 19 heavy (non-hydrogen) atoms. The van der Waals surface area contributed by atoms with Crippen LogP contribution in [-0.2, 0) is 0 Å². The number of carbonyl (C=O) groups is 1. The van der Waals surface area contributed by atoms with E-state index < -0.39 is 5.97 Å². The van der Waals surface area contributed by atoms with Crippen LogP contribution in [0, 0.1) is 11.8 Å². The van der Waals surface area contributed by atoms with Crippen molar-refractivity contribution in [1.82, 2.24) is 4.98 Å². The van der Waals surface area contributed by atoms with Crippen molar-refractivity contribution in [2.75, 3.05) is 11.9 Å². The predicted molar refractivity (Wildman–Crippen MR) is 75.4 cm³/mol. The van der Waals surface area contributed by atoms with Crippen LogP contribution in [0.2, 0.25) is 0 Å². The molecule has 4 nitrogen and oxygen atoms in total. The highest BCUT2D eigenvalue weighted by atomic mass is 16.4. The number of nitrogens with one attached hydrogen (secondary N) is 1. The molecular weight excluding hydrogens is 240 g/mol. The number of pyridine rings is 1. The molecule has 2 N–H and O–H groups in total. The van der Waals surface area contributed by atoms with Gasteiger partial charge in [-0.1, -0.05) is 26.2 Å². The van der Waals surface area contributed by atoms with Gasteiger partial charge in [0, 0.05) is 18.4 Å². The fraction of sp³-hybridized carbons (Fsp3) is 0.600. The molecule has 1 aliphatic rings. The Morgan fingerprint density at radius 1 is 1.53 bits per heavy atom. The molecule has 104 valence electrons. The minimum atomic E-state index is -0.982. The summed E-state index contributed by atoms with van der Waals surface area (Å²) >= 11 is 0. The molecule has 1 saturated carbocycles. The lowest BCUT2D eigenvalue weighted by atomic mass is 9.81. The zero-order valence-electron chi connectivity index (χ0n) is 11.4. The van der Waals surface area contributed by atoms with E-state index in [1.54, 1.807) is 6.07 Å². The van der Waals surface area contributed by atoms with E-state index in [1.165, 1.54) is 31.9 Å². The van der Waals surface area contributed by atoms with E-state index in [2.05, 4.69) is 17.2 Å². The number of hydrogen-bond donors (Lipinski definition) is 2. The summed E-state index contributed by atoms with van der Waals surface area (Å²) in [6.45, 7) is 3.24. The SMILES string of the molecule is CC1CCCC(CCNc2ccnc(C(=O)O)c2)C1. The molecule has 2 atom stereocenters. The monoisotopic (exact) mass is 262 g/mol. The van der Waals surface area contributed by atoms with Crippen LogP contribution in [0.15, 0.2) is 18.3 Å². The molecule has 1 aliphatic carbocycles. The summed E-state index contributed by atoms with van der Waals surface area (Å²) in [6.07, 6.45) is 8.09. The minimum absolute atomic E-state index is 0.0938. The van der Waals surface area contributed by atoms with Gasteiger partial charge in [0.25, 0.3) is 0 Å². The molecular formula is C15H22N2O2. The first-order valence-electron chi connectivity index (χ1n) is 7.08. The predicted octanol–water partition coefficient (Wildman–Crippen LogP) is 3.41. The summed E-state index contributed by atoms with van der Waals surface area (Å²) in [5, 5.41) is 12.2. The Morgan fingerprint density at radius 2 is 2.37 bits per heavy atom. The van der Waals surface area contributed by atoms with E-state index >= 15 is 0 Å². The number of carboxylic acid groups (broad SMARTS) is 1. The van der Waals surface area contributed by atoms with Gasteiger partial charge in [0.2, 0.25) is 0 Å². The third-order valence-electron chi connectivity index (χ3n) is 3.91. The van der Waals surface area contributed by atoms with Crippen molar-refractivity contribution in [3.63, 3.8) is 0 Å². The van der Waals surface area contributed by atoms with Crippen LogP contribution < -0.4 is 5.32 Å². The highest BCUT2D eigenvalue weighted by molar-refractivity contribution is 5.86. The van der Waals surface area contributed by atoms with Crippen molar-refractivity contribution in [3.05, 3.63) is 24.0 Å². The lowest BCUT2D eigenvalue weighted by Gasteiger charge is -2.26. The molecule has 4 heteroatoms. The molecule has 1 fully saturated rings. The lowest BCUT2D eigenvalue weighted by Crippen LogP contribution is -2.16. The molecule has 0 saturated heterocycles. The Bertz CT molecular complexity index is 434. The van der Waals surface area contributed by atoms with Crippen molar-refractivity contribution in [2.24, 2.45) is 11.8 Å². The van der Waals surface area contributed by atoms with Gasteiger partial charge in [-0.3, -0.25) is 0 Å². The van der Waals surface area contributed by atoms with Gasteiger partial charge in [0.1, 0.15) is 5.69 Å². The van der Waals surface area contributed by atoms with E-state index in [4.69, 9.17) is 5.11 Å². The fourth-order valence-electron chi connectivity index (χ4n) is 2.90. The zero-order valence-corrected chi connectivity index (χ0v) is 11.4. The summed E-state index contributed by atoms with van der Waals surface area (Å²) in [7, 11) is 0. The average molecular weight is 262 g/mol. The molecule has 1 aromatic heterocycles. The molecule has 2 unspecified atom stereocenters. The van der Waals surface area contributed by atoms with Gasteiger partial charge in [0.15, 0.2) is 0 Å². The van der Waals surface area contributed by atoms with Gasteiger partial charge in [0.05, 0.1) is 0 Å². The average Bonchev–Trinajstić information content (AvgIpc) is 2.39. The molecule has 2 rings (SSSR count). The van der Waals surface area contributed by atoms with Crippen LogP contribution in [0.3, 0.4) is 0 Å². The summed E-state index contributed by atoms with van der Waals surface area (Å²) in [5.74, 6) is 0.695. The summed E-state index contributed by atoms with van der Waals surface area (Å²) in [4.78, 5) is 14.6. The third kappa shape index (κ3) is 4.23. The van der Waals surface area contributed by atoms with Crippen LogP contribution in [0.1, 0.15) is 49.5 Å². The van der Waals surface area contributed by atoms with E-state index in [0.29, 0.717) is 0 Å². The molecule has 0 aliphatic heterocycles. The van der Waals surface area contributed by atoms with Crippen molar-refractivity contribution in [1.29, 1.82) is 0 Å². The molecule has 1 aromatic rings. The Balaban J connectivity index is 1.79. The van der Waals surface area contributed by atoms with Crippen molar-refractivity contribution in [2.45, 2.75) is 39.0 Å². The molecule has 0 radical (unpaired) electrons. The maximum atomic E-state index is 10.8. The Morgan fingerprint density at radius 3 is 3.11 bits per heavy atom. The second-order valence-corrected chi connectivity index (χ2v) is 5.59. The summed E-state index contributed by atoms with van der Waals surface area (Å²) < 4.78 is 0. The number of carboxylic acids is 1. The van der Waals surface area contributed by atoms with E-state index in [1.807, 2.05) is 6.07 Å². The topological polar surface area (TPSA) is 62.2 Å². The summed E-state index contributed by atoms with van der Waals surface area (Å²) in [5.41, 5.74) is 0.938. The fourth-order valence-corrected chi connectivity index (χ4v) is 2.90. The van der Waals surface area contributed by atoms with Crippen LogP contribution in [0.25, 0.3) is 0 Å². The first-order valence-corrected chi connectivity index (χ1v) is 7.08. The van der Waals surface area contributed by atoms with Gasteiger partial charge in [-0.25, -0.2) is 9.78 Å². The largest absolute Gasteiger partial charge is 0.477 e. The van der Waals surface area contributed by atoms with Crippen molar-refractivity contribution < 1.29 is 9.90 Å². The van der Waals surface area contributed by atoms with Crippen molar-refractivity contribution >= 4 is 11.7 Å². The molecule has 1 heterocycles. The van der Waals surface area contributed by atoms with E-state index in [9.17, 15) is 4.79 Å². The second-order valence-electron chi connectivity index (χ2n) is 5.59. The number of hydrogen-bond acceptors (Lipinski definition) is 3. The zero-order chi connectivity index (χ0) is 13.7. The lowest BCUT2D eigenvalue weighted by molar-refractivity contribution is 0.0690.